The van der Waals surface area contributed by atoms with Gasteiger partial charge >= 0.3 is 6.03 Å². The van der Waals surface area contributed by atoms with Crippen LogP contribution in [0.1, 0.15) is 26.7 Å². The summed E-state index contributed by atoms with van der Waals surface area (Å²) >= 11 is 0. The second-order valence-corrected chi connectivity index (χ2v) is 10.6. The van der Waals surface area contributed by atoms with Crippen LogP contribution in [-0.4, -0.2) is 90.7 Å². The van der Waals surface area contributed by atoms with Crippen LogP contribution in [0.25, 0.3) is 0 Å². The molecule has 0 saturated carbocycles. The number of nitrogens with zero attached hydrogens (tertiary/aromatic N) is 3. The van der Waals surface area contributed by atoms with E-state index in [0.717, 1.165) is 9.21 Å². The lowest BCUT2D eigenvalue weighted by molar-refractivity contribution is -0.133. The van der Waals surface area contributed by atoms with E-state index in [-0.39, 0.29) is 38.4 Å². The molecule has 1 heterocycles. The standard InChI is InChI=1S/C21H32N4O7S/c1-21(2)19(27)25(20(28)24(21)4)12-8-9-16(18(26)22-29)15-33(30,31)23(3)13-14-32-17-10-6-5-7-11-17/h5-7,10-11,16,29H,8-9,12-15H2,1-4H3,(H,22,26). The Morgan fingerprint density at radius 2 is 1.88 bits per heavy atom. The average Bonchev–Trinajstić information content (AvgIpc) is 2.92. The molecule has 1 unspecified atom stereocenters. The minimum Gasteiger partial charge on any atom is -0.492 e. The van der Waals surface area contributed by atoms with E-state index in [1.54, 1.807) is 38.1 Å². The van der Waals surface area contributed by atoms with Crippen molar-refractivity contribution in [3.63, 3.8) is 0 Å². The lowest BCUT2D eigenvalue weighted by Gasteiger charge is -2.22. The van der Waals surface area contributed by atoms with Crippen LogP contribution < -0.4 is 10.2 Å². The number of sulfonamides is 1. The van der Waals surface area contributed by atoms with Gasteiger partial charge in [0.15, 0.2) is 0 Å². The predicted octanol–water partition coefficient (Wildman–Crippen LogP) is 0.901. The Hall–Kier alpha value is -2.70. The molecule has 1 saturated heterocycles. The molecule has 0 radical (unpaired) electrons. The smallest absolute Gasteiger partial charge is 0.327 e. The Kier molecular flexibility index (Phi) is 8.81. The fraction of sp³-hybridized carbons (Fsp3) is 0.571. The number of carbonyl (C=O) groups is 3. The number of amides is 4. The molecule has 1 atom stereocenters. The molecule has 0 aromatic heterocycles. The average molecular weight is 485 g/mol. The van der Waals surface area contributed by atoms with Gasteiger partial charge in [-0.2, -0.15) is 0 Å². The second-order valence-electron chi connectivity index (χ2n) is 8.43. The zero-order valence-electron chi connectivity index (χ0n) is 19.4. The van der Waals surface area contributed by atoms with Gasteiger partial charge in [0.1, 0.15) is 17.9 Å². The van der Waals surface area contributed by atoms with E-state index in [9.17, 15) is 22.8 Å². The number of hydrogen-bond donors (Lipinski definition) is 2. The Bertz CT molecular complexity index is 953. The van der Waals surface area contributed by atoms with Crippen molar-refractivity contribution in [1.29, 1.82) is 0 Å². The maximum Gasteiger partial charge on any atom is 0.327 e. The van der Waals surface area contributed by atoms with Crippen LogP contribution in [0.5, 0.6) is 5.75 Å². The van der Waals surface area contributed by atoms with Crippen LogP contribution in [0.4, 0.5) is 4.79 Å². The van der Waals surface area contributed by atoms with Crippen molar-refractivity contribution < 1.29 is 32.7 Å². The van der Waals surface area contributed by atoms with Crippen LogP contribution in [0.3, 0.4) is 0 Å². The van der Waals surface area contributed by atoms with Crippen LogP contribution in [0, 0.1) is 5.92 Å². The molecule has 2 rings (SSSR count). The maximum atomic E-state index is 12.7. The van der Waals surface area contributed by atoms with Gasteiger partial charge in [-0.1, -0.05) is 18.2 Å². The number of para-hydroxylation sites is 1. The SMILES string of the molecule is CN1C(=O)N(CCCC(CS(=O)(=O)N(C)CCOc2ccccc2)C(=O)NO)C(=O)C1(C)C. The van der Waals surface area contributed by atoms with E-state index in [1.807, 2.05) is 6.07 Å². The highest BCUT2D eigenvalue weighted by atomic mass is 32.2. The third-order valence-corrected chi connectivity index (χ3v) is 7.80. The van der Waals surface area contributed by atoms with Gasteiger partial charge < -0.3 is 9.64 Å². The molecule has 1 aromatic rings. The third-order valence-electron chi connectivity index (χ3n) is 5.84. The van der Waals surface area contributed by atoms with E-state index in [1.165, 1.54) is 24.5 Å². The van der Waals surface area contributed by atoms with Crippen molar-refractivity contribution >= 4 is 27.9 Å². The number of hydroxylamine groups is 1. The quantitative estimate of drug-likeness (QED) is 0.255. The lowest BCUT2D eigenvalue weighted by Crippen LogP contribution is -2.41. The van der Waals surface area contributed by atoms with Gasteiger partial charge in [0.25, 0.3) is 5.91 Å². The van der Waals surface area contributed by atoms with Crippen molar-refractivity contribution in [2.45, 2.75) is 32.2 Å². The molecule has 0 spiro atoms. The lowest BCUT2D eigenvalue weighted by atomic mass is 10.0. The first kappa shape index (κ1) is 26.6. The molecule has 11 nitrogen and oxygen atoms in total. The number of carbonyl (C=O) groups excluding carboxylic acids is 3. The summed E-state index contributed by atoms with van der Waals surface area (Å²) in [5, 5.41) is 9.05. The van der Waals surface area contributed by atoms with Crippen molar-refractivity contribution in [2.24, 2.45) is 5.92 Å². The number of rotatable bonds is 12. The summed E-state index contributed by atoms with van der Waals surface area (Å²) < 4.78 is 32.1. The number of likely N-dealkylation sites (N-methyl/N-ethyl adjacent to an activating group) is 2. The molecular formula is C21H32N4O7S. The van der Waals surface area contributed by atoms with Crippen LogP contribution in [0.2, 0.25) is 0 Å². The number of benzene rings is 1. The van der Waals surface area contributed by atoms with E-state index < -0.39 is 39.2 Å². The van der Waals surface area contributed by atoms with Crippen molar-refractivity contribution in [2.75, 3.05) is 39.5 Å². The predicted molar refractivity (Wildman–Crippen MR) is 120 cm³/mol. The number of ether oxygens (including phenoxy) is 1. The molecular weight excluding hydrogens is 452 g/mol. The minimum atomic E-state index is -3.84. The second kappa shape index (κ2) is 10.9. The normalized spacial score (nSPS) is 16.9. The van der Waals surface area contributed by atoms with E-state index in [4.69, 9.17) is 9.94 Å². The van der Waals surface area contributed by atoms with Crippen LogP contribution >= 0.6 is 0 Å². The molecule has 12 heteroatoms. The maximum absolute atomic E-state index is 12.7. The Labute approximate surface area is 194 Å². The first-order chi connectivity index (χ1) is 15.4. The monoisotopic (exact) mass is 484 g/mol. The summed E-state index contributed by atoms with van der Waals surface area (Å²) in [6.07, 6.45) is 0.261. The fourth-order valence-electron chi connectivity index (χ4n) is 3.38. The molecule has 2 N–H and O–H groups in total. The zero-order valence-corrected chi connectivity index (χ0v) is 20.2. The molecule has 4 amide bonds. The summed E-state index contributed by atoms with van der Waals surface area (Å²) in [7, 11) is -0.922. The molecule has 1 fully saturated rings. The van der Waals surface area contributed by atoms with Crippen LogP contribution in [-0.2, 0) is 19.6 Å². The number of hydrogen-bond acceptors (Lipinski definition) is 7. The molecule has 1 aromatic carbocycles. The van der Waals surface area contributed by atoms with Crippen LogP contribution in [0.15, 0.2) is 30.3 Å². The van der Waals surface area contributed by atoms with E-state index in [0.29, 0.717) is 5.75 Å². The fourth-order valence-corrected chi connectivity index (χ4v) is 4.82. The number of imide groups is 1. The van der Waals surface area contributed by atoms with Gasteiger partial charge in [-0.15, -0.1) is 0 Å². The van der Waals surface area contributed by atoms with Gasteiger partial charge in [0, 0.05) is 27.2 Å². The molecule has 184 valence electrons. The van der Waals surface area contributed by atoms with Gasteiger partial charge in [0.05, 0.1) is 11.7 Å². The van der Waals surface area contributed by atoms with Crippen molar-refractivity contribution in [3.8, 4) is 5.75 Å². The highest BCUT2D eigenvalue weighted by molar-refractivity contribution is 7.89. The summed E-state index contributed by atoms with van der Waals surface area (Å²) in [5.41, 5.74) is 0.540. The number of nitrogens with one attached hydrogen (secondary N) is 1. The minimum absolute atomic E-state index is 0.0431. The Balaban J connectivity index is 1.92. The zero-order chi connectivity index (χ0) is 24.8. The third kappa shape index (κ3) is 6.42. The molecule has 1 aliphatic heterocycles. The van der Waals surface area contributed by atoms with E-state index >= 15 is 0 Å². The molecule has 0 bridgehead atoms. The van der Waals surface area contributed by atoms with Crippen molar-refractivity contribution in [1.82, 2.24) is 19.6 Å². The molecule has 0 aliphatic carbocycles. The Morgan fingerprint density at radius 3 is 2.42 bits per heavy atom. The first-order valence-electron chi connectivity index (χ1n) is 10.6. The van der Waals surface area contributed by atoms with Crippen molar-refractivity contribution in [3.05, 3.63) is 30.3 Å². The topological polar surface area (TPSA) is 137 Å². The summed E-state index contributed by atoms with van der Waals surface area (Å²) in [6, 6.07) is 8.51. The highest BCUT2D eigenvalue weighted by Crippen LogP contribution is 2.26. The summed E-state index contributed by atoms with van der Waals surface area (Å²) in [6.45, 7) is 3.52. The molecule has 33 heavy (non-hydrogen) atoms. The van der Waals surface area contributed by atoms with Gasteiger partial charge in [-0.3, -0.25) is 19.7 Å². The largest absolute Gasteiger partial charge is 0.492 e. The number of urea groups is 1. The van der Waals surface area contributed by atoms with Gasteiger partial charge in [-0.05, 0) is 38.8 Å². The van der Waals surface area contributed by atoms with Gasteiger partial charge in [0.2, 0.25) is 15.9 Å². The summed E-state index contributed by atoms with van der Waals surface area (Å²) in [5.74, 6) is -2.18. The first-order valence-corrected chi connectivity index (χ1v) is 12.2. The Morgan fingerprint density at radius 1 is 1.24 bits per heavy atom. The highest BCUT2D eigenvalue weighted by Gasteiger charge is 2.48. The van der Waals surface area contributed by atoms with Gasteiger partial charge in [-0.25, -0.2) is 23.0 Å². The summed E-state index contributed by atoms with van der Waals surface area (Å²) in [4.78, 5) is 39.3. The van der Waals surface area contributed by atoms with E-state index in [2.05, 4.69) is 0 Å². The molecule has 1 aliphatic rings.